The van der Waals surface area contributed by atoms with Crippen molar-refractivity contribution >= 4 is 14.3 Å². The van der Waals surface area contributed by atoms with Gasteiger partial charge in [0.25, 0.3) is 0 Å². The van der Waals surface area contributed by atoms with E-state index in [0.717, 1.165) is 5.57 Å². The fraction of sp³-hybridized carbons (Fsp3) is 0.750. The lowest BCUT2D eigenvalue weighted by molar-refractivity contribution is -0.138. The van der Waals surface area contributed by atoms with E-state index in [1.807, 2.05) is 0 Å². The van der Waals surface area contributed by atoms with Crippen LogP contribution in [0.4, 0.5) is 0 Å². The average molecular weight is 257 g/mol. The number of carboxylic acids is 1. The quantitative estimate of drug-likeness (QED) is 0.759. The second-order valence-electron chi connectivity index (χ2n) is 6.11. The molecule has 1 unspecified atom stereocenters. The maximum atomic E-state index is 10.8. The number of aliphatic carboxylic acids is 1. The molecule has 0 radical (unpaired) electrons. The molecular formula is C12H23NO3Si. The van der Waals surface area contributed by atoms with Gasteiger partial charge >= 0.3 is 5.97 Å². The molecule has 1 aliphatic heterocycles. The second-order valence-corrected chi connectivity index (χ2v) is 10.9. The number of rotatable bonds is 4. The molecule has 0 amide bonds. The highest BCUT2D eigenvalue weighted by Gasteiger charge is 2.37. The van der Waals surface area contributed by atoms with Gasteiger partial charge in [-0.2, -0.15) is 0 Å². The van der Waals surface area contributed by atoms with Crippen molar-refractivity contribution < 1.29 is 14.3 Å². The van der Waals surface area contributed by atoms with Crippen molar-refractivity contribution in [2.75, 3.05) is 6.61 Å². The molecule has 1 aliphatic rings. The van der Waals surface area contributed by atoms with E-state index in [4.69, 9.17) is 9.53 Å². The van der Waals surface area contributed by atoms with Crippen LogP contribution in [0.25, 0.3) is 0 Å². The molecule has 0 spiro atoms. The van der Waals surface area contributed by atoms with Crippen molar-refractivity contribution in [3.63, 3.8) is 0 Å². The molecule has 0 saturated carbocycles. The predicted octanol–water partition coefficient (Wildman–Crippen LogP) is 2.34. The molecule has 1 rings (SSSR count). The molecular weight excluding hydrogens is 234 g/mol. The van der Waals surface area contributed by atoms with Gasteiger partial charge in [-0.1, -0.05) is 20.8 Å². The van der Waals surface area contributed by atoms with Crippen LogP contribution in [0.2, 0.25) is 18.1 Å². The first-order chi connectivity index (χ1) is 7.63. The van der Waals surface area contributed by atoms with E-state index in [1.54, 1.807) is 6.20 Å². The highest BCUT2D eigenvalue weighted by Crippen LogP contribution is 2.37. The Morgan fingerprint density at radius 2 is 2.18 bits per heavy atom. The van der Waals surface area contributed by atoms with Gasteiger partial charge in [-0.15, -0.1) is 0 Å². The molecule has 98 valence electrons. The van der Waals surface area contributed by atoms with Gasteiger partial charge in [0.05, 0.1) is 6.61 Å². The Hall–Kier alpha value is -0.813. The molecule has 17 heavy (non-hydrogen) atoms. The Balaban J connectivity index is 2.46. The van der Waals surface area contributed by atoms with Gasteiger partial charge in [0, 0.05) is 6.42 Å². The van der Waals surface area contributed by atoms with Gasteiger partial charge in [-0.25, -0.2) is 4.79 Å². The van der Waals surface area contributed by atoms with Gasteiger partial charge in [0.15, 0.2) is 8.32 Å². The topological polar surface area (TPSA) is 58.6 Å². The van der Waals surface area contributed by atoms with Gasteiger partial charge in [0.1, 0.15) is 6.04 Å². The van der Waals surface area contributed by atoms with E-state index in [1.165, 1.54) is 0 Å². The van der Waals surface area contributed by atoms with Crippen LogP contribution in [-0.4, -0.2) is 32.0 Å². The number of carboxylic acid groups (broad SMARTS) is 1. The molecule has 0 saturated heterocycles. The first-order valence-corrected chi connectivity index (χ1v) is 8.85. The summed E-state index contributed by atoms with van der Waals surface area (Å²) in [4.78, 5) is 10.8. The predicted molar refractivity (Wildman–Crippen MR) is 70.4 cm³/mol. The molecule has 5 heteroatoms. The van der Waals surface area contributed by atoms with Crippen molar-refractivity contribution in [3.8, 4) is 0 Å². The molecule has 1 heterocycles. The molecule has 4 nitrogen and oxygen atoms in total. The Bertz CT molecular complexity index is 331. The van der Waals surface area contributed by atoms with Crippen molar-refractivity contribution in [2.45, 2.75) is 51.4 Å². The third-order valence-corrected chi connectivity index (χ3v) is 8.16. The number of nitrogens with one attached hydrogen (secondary N) is 1. The molecule has 2 N–H and O–H groups in total. The Morgan fingerprint density at radius 3 is 2.59 bits per heavy atom. The average Bonchev–Trinajstić information content (AvgIpc) is 2.61. The lowest BCUT2D eigenvalue weighted by atomic mass is 10.1. The third kappa shape index (κ3) is 3.57. The summed E-state index contributed by atoms with van der Waals surface area (Å²) in [5, 5.41) is 11.9. The normalized spacial score (nSPS) is 21.0. The monoisotopic (exact) mass is 257 g/mol. The van der Waals surface area contributed by atoms with Gasteiger partial charge in [-0.3, -0.25) is 0 Å². The summed E-state index contributed by atoms with van der Waals surface area (Å²) in [5.41, 5.74) is 1.04. The van der Waals surface area contributed by atoms with Gasteiger partial charge in [0.2, 0.25) is 0 Å². The maximum Gasteiger partial charge on any atom is 0.326 e. The first-order valence-electron chi connectivity index (χ1n) is 5.94. The third-order valence-electron chi connectivity index (χ3n) is 3.68. The zero-order valence-electron chi connectivity index (χ0n) is 11.3. The van der Waals surface area contributed by atoms with Crippen LogP contribution in [0.15, 0.2) is 11.8 Å². The summed E-state index contributed by atoms with van der Waals surface area (Å²) in [7, 11) is -1.74. The Labute approximate surface area is 104 Å². The van der Waals surface area contributed by atoms with Gasteiger partial charge in [-0.05, 0) is 29.9 Å². The molecule has 1 atom stereocenters. The molecule has 0 aliphatic carbocycles. The summed E-state index contributed by atoms with van der Waals surface area (Å²) in [6.45, 7) is 11.5. The summed E-state index contributed by atoms with van der Waals surface area (Å²) in [5.74, 6) is -0.802. The van der Waals surface area contributed by atoms with Crippen LogP contribution in [-0.2, 0) is 9.22 Å². The molecule has 0 fully saturated rings. The zero-order chi connectivity index (χ0) is 13.3. The minimum Gasteiger partial charge on any atom is -0.480 e. The van der Waals surface area contributed by atoms with Crippen LogP contribution in [0.5, 0.6) is 0 Å². The minimum atomic E-state index is -1.74. The number of hydrogen-bond acceptors (Lipinski definition) is 3. The smallest absolute Gasteiger partial charge is 0.326 e. The van der Waals surface area contributed by atoms with Crippen LogP contribution in [0.3, 0.4) is 0 Å². The lowest BCUT2D eigenvalue weighted by Gasteiger charge is -2.36. The highest BCUT2D eigenvalue weighted by molar-refractivity contribution is 6.74. The first kappa shape index (κ1) is 14.2. The summed E-state index contributed by atoms with van der Waals surface area (Å²) < 4.78 is 6.04. The van der Waals surface area contributed by atoms with Crippen molar-refractivity contribution in [1.82, 2.24) is 5.32 Å². The molecule has 0 bridgehead atoms. The second kappa shape index (κ2) is 4.82. The fourth-order valence-electron chi connectivity index (χ4n) is 1.35. The van der Waals surface area contributed by atoms with Crippen LogP contribution < -0.4 is 5.32 Å². The lowest BCUT2D eigenvalue weighted by Crippen LogP contribution is -2.41. The zero-order valence-corrected chi connectivity index (χ0v) is 12.3. The van der Waals surface area contributed by atoms with Crippen LogP contribution >= 0.6 is 0 Å². The van der Waals surface area contributed by atoms with E-state index in [2.05, 4.69) is 39.2 Å². The SMILES string of the molecule is CC(C)(C)[Si](C)(C)OCC1=CNC(C(=O)O)C1. The van der Waals surface area contributed by atoms with E-state index in [-0.39, 0.29) is 5.04 Å². The Kier molecular flexibility index (Phi) is 4.04. The maximum absolute atomic E-state index is 10.8. The number of carbonyl (C=O) groups is 1. The number of hydrogen-bond donors (Lipinski definition) is 2. The highest BCUT2D eigenvalue weighted by atomic mass is 28.4. The van der Waals surface area contributed by atoms with Gasteiger partial charge < -0.3 is 14.8 Å². The van der Waals surface area contributed by atoms with Crippen molar-refractivity contribution in [3.05, 3.63) is 11.8 Å². The van der Waals surface area contributed by atoms with Crippen LogP contribution in [0.1, 0.15) is 27.2 Å². The molecule has 0 aromatic rings. The summed E-state index contributed by atoms with van der Waals surface area (Å²) in [6.07, 6.45) is 2.33. The van der Waals surface area contributed by atoms with E-state index in [0.29, 0.717) is 13.0 Å². The van der Waals surface area contributed by atoms with E-state index >= 15 is 0 Å². The van der Waals surface area contributed by atoms with Crippen molar-refractivity contribution in [1.29, 1.82) is 0 Å². The van der Waals surface area contributed by atoms with E-state index in [9.17, 15) is 4.79 Å². The summed E-state index contributed by atoms with van der Waals surface area (Å²) >= 11 is 0. The fourth-order valence-corrected chi connectivity index (χ4v) is 2.33. The van der Waals surface area contributed by atoms with Crippen LogP contribution in [0, 0.1) is 0 Å². The largest absolute Gasteiger partial charge is 0.480 e. The minimum absolute atomic E-state index is 0.186. The molecule has 0 aromatic heterocycles. The van der Waals surface area contributed by atoms with E-state index < -0.39 is 20.3 Å². The summed E-state index contributed by atoms with van der Waals surface area (Å²) in [6, 6.07) is -0.479. The standard InChI is InChI=1S/C12H23NO3Si/c1-12(2,3)17(4,5)16-8-9-6-10(11(14)15)13-7-9/h7,10,13H,6,8H2,1-5H3,(H,14,15). The molecule has 0 aromatic carbocycles. The Morgan fingerprint density at radius 1 is 1.59 bits per heavy atom. The van der Waals surface area contributed by atoms with Crippen molar-refractivity contribution in [2.24, 2.45) is 0 Å².